The summed E-state index contributed by atoms with van der Waals surface area (Å²) < 4.78 is 14.8. The molecular formula is C28H42N6O7. The fraction of sp³-hybridized carbons (Fsp3) is 0.714. The fourth-order valence-corrected chi connectivity index (χ4v) is 4.50. The van der Waals surface area contributed by atoms with Crippen molar-refractivity contribution in [2.75, 3.05) is 0 Å². The van der Waals surface area contributed by atoms with Crippen molar-refractivity contribution in [3.8, 4) is 0 Å². The van der Waals surface area contributed by atoms with E-state index in [1.54, 1.807) is 69.2 Å². The van der Waals surface area contributed by atoms with Gasteiger partial charge in [-0.05, 0) is 13.8 Å². The zero-order valence-corrected chi connectivity index (χ0v) is 25.5. The summed E-state index contributed by atoms with van der Waals surface area (Å²) in [6.07, 6.45) is -4.03. The van der Waals surface area contributed by atoms with Gasteiger partial charge in [-0.15, -0.1) is 10.2 Å². The summed E-state index contributed by atoms with van der Waals surface area (Å²) in [4.78, 5) is 52.4. The van der Waals surface area contributed by atoms with Gasteiger partial charge in [0.05, 0.1) is 6.10 Å². The minimum Gasteiger partial charge on any atom is -0.388 e. The predicted octanol–water partition coefficient (Wildman–Crippen LogP) is 3.50. The van der Waals surface area contributed by atoms with Gasteiger partial charge >= 0.3 is 0 Å². The van der Waals surface area contributed by atoms with Crippen molar-refractivity contribution in [1.82, 2.24) is 30.0 Å². The molecule has 2 aromatic heterocycles. The largest absolute Gasteiger partial charge is 0.388 e. The zero-order valence-electron chi connectivity index (χ0n) is 25.5. The van der Waals surface area contributed by atoms with Crippen LogP contribution >= 0.6 is 0 Å². The molecular weight excluding hydrogens is 532 g/mol. The molecule has 1 fully saturated rings. The Bertz CT molecular complexity index is 1290. The number of aliphatic hydroxyl groups is 1. The average molecular weight is 575 g/mol. The Morgan fingerprint density at radius 1 is 0.732 bits per heavy atom. The van der Waals surface area contributed by atoms with E-state index >= 15 is 0 Å². The van der Waals surface area contributed by atoms with Gasteiger partial charge < -0.3 is 14.6 Å². The van der Waals surface area contributed by atoms with Crippen molar-refractivity contribution < 1.29 is 33.8 Å². The molecule has 1 aliphatic rings. The number of hydrogen-bond acceptors (Lipinski definition) is 11. The number of aliphatic hydroxyl groups excluding tert-OH is 1. The normalized spacial score (nSPS) is 21.5. The summed E-state index contributed by atoms with van der Waals surface area (Å²) in [5.41, 5.74) is -0.158. The molecule has 0 radical (unpaired) electrons. The maximum Gasteiger partial charge on any atom is 0.188 e. The Morgan fingerprint density at radius 2 is 1.15 bits per heavy atom. The van der Waals surface area contributed by atoms with Crippen LogP contribution in [0.4, 0.5) is 0 Å². The molecule has 3 rings (SSSR count). The summed E-state index contributed by atoms with van der Waals surface area (Å²) in [6, 6.07) is -0.855. The number of carbonyl (C=O) groups is 4. The lowest BCUT2D eigenvalue weighted by Gasteiger charge is -2.40. The SMILES string of the molecule is CC(C)OC1OC(n2nnc(C(=O)C(C)C)c2C(=O)C(C)C)C(O)CC1n1nnc(C(=O)C(C)C)c1C(=O)C(C)C. The third-order valence-corrected chi connectivity index (χ3v) is 6.78. The third-order valence-electron chi connectivity index (χ3n) is 6.78. The second kappa shape index (κ2) is 12.8. The smallest absolute Gasteiger partial charge is 0.188 e. The number of nitrogens with zero attached hydrogens (tertiary/aromatic N) is 6. The van der Waals surface area contributed by atoms with Crippen LogP contribution in [0.3, 0.4) is 0 Å². The van der Waals surface area contributed by atoms with Crippen LogP contribution < -0.4 is 0 Å². The first-order chi connectivity index (χ1) is 19.1. The second-order valence-electron chi connectivity index (χ2n) is 12.0. The molecule has 3 heterocycles. The lowest BCUT2D eigenvalue weighted by Crippen LogP contribution is -2.47. The lowest BCUT2D eigenvalue weighted by molar-refractivity contribution is -0.279. The van der Waals surface area contributed by atoms with Crippen molar-refractivity contribution in [2.24, 2.45) is 23.7 Å². The molecule has 1 aliphatic heterocycles. The van der Waals surface area contributed by atoms with Gasteiger partial charge in [0.15, 0.2) is 47.0 Å². The van der Waals surface area contributed by atoms with Crippen molar-refractivity contribution in [3.63, 3.8) is 0 Å². The summed E-state index contributed by atoms with van der Waals surface area (Å²) in [7, 11) is 0. The number of ether oxygens (including phenoxy) is 2. The fourth-order valence-electron chi connectivity index (χ4n) is 4.50. The molecule has 0 aromatic carbocycles. The Balaban J connectivity index is 2.13. The van der Waals surface area contributed by atoms with Crippen LogP contribution in [-0.2, 0) is 9.47 Å². The molecule has 226 valence electrons. The zero-order chi connectivity index (χ0) is 30.9. The van der Waals surface area contributed by atoms with E-state index in [2.05, 4.69) is 20.6 Å². The summed E-state index contributed by atoms with van der Waals surface area (Å²) >= 11 is 0. The minimum absolute atomic E-state index is 0.0246. The summed E-state index contributed by atoms with van der Waals surface area (Å²) in [5, 5.41) is 27.7. The standard InChI is InChI=1S/C28H42N6O7/c1-12(2)23(36)19-21(25(38)14(5)6)33(31-29-19)17-11-18(35)27(41-28(17)40-16(9)10)34-22(26(39)15(7)8)20(30-32-34)24(37)13(3)4/h12-18,27-28,35H,11H2,1-10H3. The molecule has 1 N–H and O–H groups in total. The van der Waals surface area contributed by atoms with Gasteiger partial charge in [0, 0.05) is 30.1 Å². The van der Waals surface area contributed by atoms with Crippen molar-refractivity contribution in [3.05, 3.63) is 22.8 Å². The van der Waals surface area contributed by atoms with Crippen LogP contribution in [0.15, 0.2) is 0 Å². The van der Waals surface area contributed by atoms with Gasteiger partial charge in [-0.25, -0.2) is 9.36 Å². The molecule has 1 saturated heterocycles. The molecule has 0 aliphatic carbocycles. The van der Waals surface area contributed by atoms with Crippen LogP contribution in [-0.4, -0.2) is 76.7 Å². The first-order valence-electron chi connectivity index (χ1n) is 14.1. The van der Waals surface area contributed by atoms with E-state index in [-0.39, 0.29) is 58.4 Å². The van der Waals surface area contributed by atoms with E-state index in [9.17, 15) is 24.3 Å². The molecule has 2 aromatic rings. The van der Waals surface area contributed by atoms with E-state index in [0.29, 0.717) is 0 Å². The minimum atomic E-state index is -1.29. The van der Waals surface area contributed by atoms with Crippen LogP contribution in [0.2, 0.25) is 0 Å². The number of hydrogen-bond donors (Lipinski definition) is 1. The highest BCUT2D eigenvalue weighted by Gasteiger charge is 2.45. The Labute approximate surface area is 239 Å². The molecule has 0 amide bonds. The number of ketones is 4. The van der Waals surface area contributed by atoms with E-state index in [0.717, 1.165) is 4.68 Å². The molecule has 41 heavy (non-hydrogen) atoms. The van der Waals surface area contributed by atoms with E-state index < -0.39 is 48.3 Å². The molecule has 13 heteroatoms. The monoisotopic (exact) mass is 574 g/mol. The summed E-state index contributed by atoms with van der Waals surface area (Å²) in [5.74, 6) is -3.23. The topological polar surface area (TPSA) is 168 Å². The molecule has 4 atom stereocenters. The van der Waals surface area contributed by atoms with Crippen molar-refractivity contribution in [2.45, 2.75) is 106 Å². The van der Waals surface area contributed by atoms with Gasteiger partial charge in [0.25, 0.3) is 0 Å². The molecule has 0 saturated carbocycles. The number of Topliss-reactive ketones (excluding diaryl/α,β-unsaturated/α-hetero) is 4. The second-order valence-corrected chi connectivity index (χ2v) is 12.0. The van der Waals surface area contributed by atoms with Crippen LogP contribution in [0.25, 0.3) is 0 Å². The third kappa shape index (κ3) is 6.52. The van der Waals surface area contributed by atoms with Gasteiger partial charge in [-0.1, -0.05) is 65.8 Å². The molecule has 4 unspecified atom stereocenters. The van der Waals surface area contributed by atoms with Crippen LogP contribution in [0.5, 0.6) is 0 Å². The highest BCUT2D eigenvalue weighted by atomic mass is 16.7. The Hall–Kier alpha value is -3.16. The Kier molecular flexibility index (Phi) is 10.1. The predicted molar refractivity (Wildman–Crippen MR) is 147 cm³/mol. The maximum absolute atomic E-state index is 13.3. The molecule has 0 bridgehead atoms. The molecule has 13 nitrogen and oxygen atoms in total. The first-order valence-corrected chi connectivity index (χ1v) is 14.1. The highest BCUT2D eigenvalue weighted by molar-refractivity contribution is 6.08. The average Bonchev–Trinajstić information content (AvgIpc) is 3.51. The van der Waals surface area contributed by atoms with Gasteiger partial charge in [-0.3, -0.25) is 19.2 Å². The van der Waals surface area contributed by atoms with E-state index in [1.807, 2.05) is 0 Å². The number of carbonyl (C=O) groups excluding carboxylic acids is 4. The maximum atomic E-state index is 13.3. The van der Waals surface area contributed by atoms with Crippen molar-refractivity contribution >= 4 is 23.1 Å². The number of rotatable bonds is 12. The first kappa shape index (κ1) is 32.4. The number of aromatic nitrogens is 6. The van der Waals surface area contributed by atoms with Crippen molar-refractivity contribution in [1.29, 1.82) is 0 Å². The summed E-state index contributed by atoms with van der Waals surface area (Å²) in [6.45, 7) is 17.2. The highest BCUT2D eigenvalue weighted by Crippen LogP contribution is 2.38. The van der Waals surface area contributed by atoms with Gasteiger partial charge in [-0.2, -0.15) is 0 Å². The van der Waals surface area contributed by atoms with Crippen LogP contribution in [0.1, 0.15) is 130 Å². The van der Waals surface area contributed by atoms with E-state index in [4.69, 9.17) is 9.47 Å². The van der Waals surface area contributed by atoms with Gasteiger partial charge in [0.2, 0.25) is 0 Å². The lowest BCUT2D eigenvalue weighted by atomic mass is 9.97. The molecule has 0 spiro atoms. The Morgan fingerprint density at radius 3 is 1.56 bits per heavy atom. The van der Waals surface area contributed by atoms with Crippen LogP contribution in [0, 0.1) is 23.7 Å². The van der Waals surface area contributed by atoms with E-state index in [1.165, 1.54) is 4.68 Å². The van der Waals surface area contributed by atoms with Gasteiger partial charge in [0.1, 0.15) is 23.5 Å². The quantitative estimate of drug-likeness (QED) is 0.368.